The third-order valence-corrected chi connectivity index (χ3v) is 3.00. The molecule has 3 rings (SSSR count). The molecule has 0 aliphatic heterocycles. The van der Waals surface area contributed by atoms with Gasteiger partial charge in [-0.15, -0.1) is 0 Å². The van der Waals surface area contributed by atoms with Crippen LogP contribution in [-0.4, -0.2) is 26.0 Å². The van der Waals surface area contributed by atoms with Crippen LogP contribution < -0.4 is 0 Å². The van der Waals surface area contributed by atoms with Crippen LogP contribution >= 0.6 is 11.8 Å². The van der Waals surface area contributed by atoms with E-state index in [1.54, 1.807) is 0 Å². The van der Waals surface area contributed by atoms with Gasteiger partial charge in [0.15, 0.2) is 10.9 Å². The molecule has 0 aliphatic carbocycles. The van der Waals surface area contributed by atoms with E-state index in [-0.39, 0.29) is 10.9 Å². The minimum Gasteiger partial charge on any atom is -0.476 e. The summed E-state index contributed by atoms with van der Waals surface area (Å²) in [6.45, 7) is 0. The number of H-pyrrole nitrogens is 1. The Morgan fingerprint density at radius 2 is 2.17 bits per heavy atom. The number of fused-ring (bicyclic) bond motifs is 1. The first-order chi connectivity index (χ1) is 8.72. The Hall–Kier alpha value is -2.28. The number of hydrogen-bond acceptors (Lipinski definition) is 5. The lowest BCUT2D eigenvalue weighted by Crippen LogP contribution is -1.95. The predicted molar refractivity (Wildman–Crippen MR) is 63.7 cm³/mol. The number of oxazole rings is 1. The first kappa shape index (κ1) is 10.8. The van der Waals surface area contributed by atoms with Crippen molar-refractivity contribution in [2.45, 2.75) is 10.4 Å². The van der Waals surface area contributed by atoms with Crippen LogP contribution in [0.15, 0.2) is 45.3 Å². The third-order valence-electron chi connectivity index (χ3n) is 2.25. The molecule has 0 saturated heterocycles. The number of nitrogens with one attached hydrogen (secondary N) is 1. The summed E-state index contributed by atoms with van der Waals surface area (Å²) in [6, 6.07) is 7.59. The van der Waals surface area contributed by atoms with Gasteiger partial charge >= 0.3 is 5.97 Å². The summed E-state index contributed by atoms with van der Waals surface area (Å²) in [7, 11) is 0. The summed E-state index contributed by atoms with van der Waals surface area (Å²) in [6.07, 6.45) is 1.10. The van der Waals surface area contributed by atoms with E-state index in [1.165, 1.54) is 0 Å². The molecule has 90 valence electrons. The Morgan fingerprint density at radius 3 is 2.89 bits per heavy atom. The third kappa shape index (κ3) is 1.95. The van der Waals surface area contributed by atoms with Crippen LogP contribution in [0, 0.1) is 0 Å². The summed E-state index contributed by atoms with van der Waals surface area (Å²) in [5.41, 5.74) is 1.63. The lowest BCUT2D eigenvalue weighted by molar-refractivity contribution is 0.0690. The van der Waals surface area contributed by atoms with Crippen LogP contribution in [0.3, 0.4) is 0 Å². The molecule has 18 heavy (non-hydrogen) atoms. The van der Waals surface area contributed by atoms with E-state index in [2.05, 4.69) is 15.0 Å². The molecule has 0 fully saturated rings. The molecule has 0 saturated carbocycles. The van der Waals surface area contributed by atoms with Crippen molar-refractivity contribution in [2.24, 2.45) is 0 Å². The maximum absolute atomic E-state index is 10.7. The number of aromatic amines is 1. The highest BCUT2D eigenvalue weighted by atomic mass is 32.2. The van der Waals surface area contributed by atoms with Gasteiger partial charge in [0.1, 0.15) is 6.26 Å². The van der Waals surface area contributed by atoms with E-state index in [1.807, 2.05) is 24.3 Å². The molecule has 0 bridgehead atoms. The number of carboxylic acids is 1. The number of aromatic carboxylic acids is 1. The van der Waals surface area contributed by atoms with Gasteiger partial charge in [0.05, 0.1) is 11.0 Å². The average Bonchev–Trinajstić information content (AvgIpc) is 2.94. The predicted octanol–water partition coefficient (Wildman–Crippen LogP) is 2.40. The maximum atomic E-state index is 10.7. The normalized spacial score (nSPS) is 10.9. The molecule has 0 atom stereocenters. The number of aromatic nitrogens is 3. The second-order valence-corrected chi connectivity index (χ2v) is 4.41. The topological polar surface area (TPSA) is 92.0 Å². The molecule has 0 spiro atoms. The summed E-state index contributed by atoms with van der Waals surface area (Å²) in [5.74, 6) is -1.12. The van der Waals surface area contributed by atoms with E-state index >= 15 is 0 Å². The fourth-order valence-corrected chi connectivity index (χ4v) is 2.17. The van der Waals surface area contributed by atoms with E-state index in [0.29, 0.717) is 5.16 Å². The smallest absolute Gasteiger partial charge is 0.357 e. The zero-order valence-corrected chi connectivity index (χ0v) is 9.77. The number of imidazole rings is 1. The van der Waals surface area contributed by atoms with E-state index in [0.717, 1.165) is 29.1 Å². The molecule has 0 amide bonds. The highest BCUT2D eigenvalue weighted by Gasteiger charge is 2.13. The van der Waals surface area contributed by atoms with Gasteiger partial charge in [0.25, 0.3) is 5.22 Å². The van der Waals surface area contributed by atoms with Crippen LogP contribution in [0.4, 0.5) is 0 Å². The number of hydrogen-bond donors (Lipinski definition) is 2. The van der Waals surface area contributed by atoms with Crippen LogP contribution in [-0.2, 0) is 0 Å². The van der Waals surface area contributed by atoms with Crippen molar-refractivity contribution in [3.05, 3.63) is 36.2 Å². The molecule has 2 heterocycles. The lowest BCUT2D eigenvalue weighted by Gasteiger charge is -1.88. The Balaban J connectivity index is 1.88. The van der Waals surface area contributed by atoms with Crippen LogP contribution in [0.2, 0.25) is 0 Å². The van der Waals surface area contributed by atoms with Crippen LogP contribution in [0.1, 0.15) is 10.5 Å². The molecule has 7 heteroatoms. The zero-order valence-electron chi connectivity index (χ0n) is 8.95. The van der Waals surface area contributed by atoms with Gasteiger partial charge in [-0.3, -0.25) is 0 Å². The van der Waals surface area contributed by atoms with Crippen molar-refractivity contribution in [1.82, 2.24) is 15.0 Å². The Kier molecular flexibility index (Phi) is 2.52. The highest BCUT2D eigenvalue weighted by molar-refractivity contribution is 7.98. The van der Waals surface area contributed by atoms with Crippen molar-refractivity contribution >= 4 is 28.8 Å². The van der Waals surface area contributed by atoms with Crippen molar-refractivity contribution in [1.29, 1.82) is 0 Å². The molecule has 1 aromatic carbocycles. The first-order valence-corrected chi connectivity index (χ1v) is 5.85. The number of rotatable bonds is 3. The fourth-order valence-electron chi connectivity index (χ4n) is 1.46. The average molecular weight is 261 g/mol. The van der Waals surface area contributed by atoms with Gasteiger partial charge < -0.3 is 14.5 Å². The first-order valence-electron chi connectivity index (χ1n) is 5.04. The van der Waals surface area contributed by atoms with Crippen LogP contribution in [0.5, 0.6) is 0 Å². The minimum atomic E-state index is -1.12. The second kappa shape index (κ2) is 4.19. The molecule has 2 aromatic heterocycles. The minimum absolute atomic E-state index is 0.117. The SMILES string of the molecule is O=C(O)c1coc(Sc2nc3ccccc3[nH]2)n1. The Bertz CT molecular complexity index is 686. The molecule has 0 unspecified atom stereocenters. The lowest BCUT2D eigenvalue weighted by atomic mass is 10.3. The quantitative estimate of drug-likeness (QED) is 0.752. The molecule has 0 aliphatic rings. The van der Waals surface area contributed by atoms with Crippen molar-refractivity contribution in [2.75, 3.05) is 0 Å². The molecule has 6 nitrogen and oxygen atoms in total. The number of benzene rings is 1. The number of carbonyl (C=O) groups is 1. The number of nitrogens with zero attached hydrogens (tertiary/aromatic N) is 2. The summed E-state index contributed by atoms with van der Waals surface area (Å²) in [4.78, 5) is 21.9. The largest absolute Gasteiger partial charge is 0.476 e. The molecule has 2 N–H and O–H groups in total. The maximum Gasteiger partial charge on any atom is 0.357 e. The summed E-state index contributed by atoms with van der Waals surface area (Å²) >= 11 is 1.14. The van der Waals surface area contributed by atoms with Gasteiger partial charge in [0.2, 0.25) is 0 Å². The molecule has 3 aromatic rings. The summed E-state index contributed by atoms with van der Waals surface area (Å²) < 4.78 is 5.04. The molecule has 0 radical (unpaired) electrons. The van der Waals surface area contributed by atoms with Crippen molar-refractivity contribution in [3.63, 3.8) is 0 Å². The van der Waals surface area contributed by atoms with Gasteiger partial charge in [-0.05, 0) is 12.1 Å². The standard InChI is InChI=1S/C11H7N3O3S/c15-9(16)8-5-17-11(14-8)18-10-12-6-3-1-2-4-7(6)13-10/h1-5H,(H,12,13)(H,15,16). The molecular weight excluding hydrogens is 254 g/mol. The number of carboxylic acid groups (broad SMARTS) is 1. The van der Waals surface area contributed by atoms with Crippen LogP contribution in [0.25, 0.3) is 11.0 Å². The Labute approximate surface area is 105 Å². The zero-order chi connectivity index (χ0) is 12.5. The highest BCUT2D eigenvalue weighted by Crippen LogP contribution is 2.26. The Morgan fingerprint density at radius 1 is 1.33 bits per heavy atom. The molecular formula is C11H7N3O3S. The number of para-hydroxylation sites is 2. The van der Waals surface area contributed by atoms with Gasteiger partial charge in [-0.2, -0.15) is 4.98 Å². The second-order valence-electron chi connectivity index (χ2n) is 3.46. The summed E-state index contributed by atoms with van der Waals surface area (Å²) in [5, 5.41) is 9.57. The van der Waals surface area contributed by atoms with Gasteiger partial charge in [-0.25, -0.2) is 9.78 Å². The van der Waals surface area contributed by atoms with Gasteiger partial charge in [0, 0.05) is 11.8 Å². The monoisotopic (exact) mass is 261 g/mol. The van der Waals surface area contributed by atoms with E-state index < -0.39 is 5.97 Å². The van der Waals surface area contributed by atoms with Gasteiger partial charge in [-0.1, -0.05) is 12.1 Å². The van der Waals surface area contributed by atoms with E-state index in [4.69, 9.17) is 9.52 Å². The fraction of sp³-hybridized carbons (Fsp3) is 0. The van der Waals surface area contributed by atoms with Crippen molar-refractivity contribution in [3.8, 4) is 0 Å². The van der Waals surface area contributed by atoms with Crippen molar-refractivity contribution < 1.29 is 14.3 Å². The van der Waals surface area contributed by atoms with E-state index in [9.17, 15) is 4.79 Å².